The lowest BCUT2D eigenvalue weighted by molar-refractivity contribution is 0.374. The fourth-order valence-corrected chi connectivity index (χ4v) is 2.80. The molecule has 0 heterocycles. The zero-order valence-corrected chi connectivity index (χ0v) is 11.6. The van der Waals surface area contributed by atoms with Crippen LogP contribution in [0.3, 0.4) is 0 Å². The first kappa shape index (κ1) is 12.7. The van der Waals surface area contributed by atoms with Crippen molar-refractivity contribution in [1.29, 1.82) is 5.26 Å². The van der Waals surface area contributed by atoms with Crippen LogP contribution >= 0.6 is 0 Å². The summed E-state index contributed by atoms with van der Waals surface area (Å²) >= 11 is 0. The van der Waals surface area contributed by atoms with Gasteiger partial charge in [-0.2, -0.15) is 5.26 Å². The van der Waals surface area contributed by atoms with Crippen molar-refractivity contribution in [2.75, 3.05) is 5.32 Å². The van der Waals surface area contributed by atoms with Crippen LogP contribution in [-0.4, -0.2) is 6.04 Å². The number of hydrogen-bond acceptors (Lipinski definition) is 2. The highest BCUT2D eigenvalue weighted by atomic mass is 14.9. The highest BCUT2D eigenvalue weighted by Crippen LogP contribution is 2.38. The van der Waals surface area contributed by atoms with Gasteiger partial charge in [-0.3, -0.25) is 0 Å². The maximum absolute atomic E-state index is 8.97. The van der Waals surface area contributed by atoms with Gasteiger partial charge in [-0.05, 0) is 48.9 Å². The fraction of sp³-hybridized carbons (Fsp3) is 0.278. The van der Waals surface area contributed by atoms with Gasteiger partial charge in [-0.1, -0.05) is 36.4 Å². The second-order valence-electron chi connectivity index (χ2n) is 5.56. The van der Waals surface area contributed by atoms with Crippen molar-refractivity contribution in [3.05, 3.63) is 65.2 Å². The Labute approximate surface area is 120 Å². The largest absolute Gasteiger partial charge is 0.382 e. The van der Waals surface area contributed by atoms with Crippen LogP contribution in [0.25, 0.3) is 0 Å². The number of hydrogen-bond donors (Lipinski definition) is 1. The van der Waals surface area contributed by atoms with Gasteiger partial charge >= 0.3 is 0 Å². The Kier molecular flexibility index (Phi) is 3.43. The third-order valence-corrected chi connectivity index (χ3v) is 4.14. The van der Waals surface area contributed by atoms with Crippen molar-refractivity contribution >= 4 is 5.69 Å². The summed E-state index contributed by atoms with van der Waals surface area (Å²) in [5.41, 5.74) is 4.46. The molecule has 100 valence electrons. The first-order valence-electron chi connectivity index (χ1n) is 7.08. The van der Waals surface area contributed by atoms with Crippen molar-refractivity contribution in [2.45, 2.75) is 31.7 Å². The Morgan fingerprint density at radius 2 is 1.85 bits per heavy atom. The summed E-state index contributed by atoms with van der Waals surface area (Å²) in [6, 6.07) is 19.2. The molecule has 0 aliphatic heterocycles. The summed E-state index contributed by atoms with van der Waals surface area (Å²) in [6.07, 6.45) is 2.33. The van der Waals surface area contributed by atoms with Gasteiger partial charge in [0, 0.05) is 11.7 Å². The number of nitrogens with zero attached hydrogens (tertiary/aromatic N) is 1. The topological polar surface area (TPSA) is 35.8 Å². The van der Waals surface area contributed by atoms with E-state index in [1.165, 1.54) is 24.0 Å². The summed E-state index contributed by atoms with van der Waals surface area (Å²) < 4.78 is 0. The third kappa shape index (κ3) is 2.53. The Balaban J connectivity index is 1.63. The van der Waals surface area contributed by atoms with E-state index in [4.69, 9.17) is 5.26 Å². The Bertz CT molecular complexity index is 634. The molecule has 1 fully saturated rings. The molecule has 2 aromatic carbocycles. The number of nitrogens with one attached hydrogen (secondary N) is 1. The van der Waals surface area contributed by atoms with Crippen molar-refractivity contribution in [1.82, 2.24) is 0 Å². The van der Waals surface area contributed by atoms with E-state index < -0.39 is 0 Å². The Hall–Kier alpha value is -2.27. The fourth-order valence-electron chi connectivity index (χ4n) is 2.80. The van der Waals surface area contributed by atoms with E-state index in [0.717, 1.165) is 11.3 Å². The maximum Gasteiger partial charge on any atom is 0.0992 e. The molecule has 0 spiro atoms. The number of anilines is 1. The lowest BCUT2D eigenvalue weighted by Crippen LogP contribution is -2.34. The van der Waals surface area contributed by atoms with Crippen molar-refractivity contribution in [3.8, 4) is 6.07 Å². The van der Waals surface area contributed by atoms with Crippen LogP contribution < -0.4 is 5.32 Å². The second kappa shape index (κ2) is 5.38. The standard InChI is InChI=1S/C18H18N2/c1-13-7-8-14(12-19)9-18(13)20-17-10-16(11-17)15-5-3-2-4-6-15/h2-9,16-17,20H,10-11H2,1H3. The molecule has 0 bridgehead atoms. The monoisotopic (exact) mass is 262 g/mol. The predicted molar refractivity (Wildman–Crippen MR) is 81.7 cm³/mol. The molecule has 2 heteroatoms. The molecule has 0 amide bonds. The SMILES string of the molecule is Cc1ccc(C#N)cc1NC1CC(c2ccccc2)C1. The highest BCUT2D eigenvalue weighted by molar-refractivity contribution is 5.56. The number of benzene rings is 2. The molecule has 1 aliphatic carbocycles. The minimum atomic E-state index is 0.521. The second-order valence-corrected chi connectivity index (χ2v) is 5.56. The molecule has 0 saturated heterocycles. The van der Waals surface area contributed by atoms with Crippen LogP contribution in [0.2, 0.25) is 0 Å². The normalized spacial score (nSPS) is 20.8. The lowest BCUT2D eigenvalue weighted by Gasteiger charge is -2.37. The van der Waals surface area contributed by atoms with E-state index >= 15 is 0 Å². The zero-order valence-electron chi connectivity index (χ0n) is 11.6. The molecular weight excluding hydrogens is 244 g/mol. The predicted octanol–water partition coefficient (Wildman–Crippen LogP) is 4.22. The van der Waals surface area contributed by atoms with Crippen LogP contribution in [0.1, 0.15) is 35.4 Å². The first-order chi connectivity index (χ1) is 9.76. The zero-order chi connectivity index (χ0) is 13.9. The van der Waals surface area contributed by atoms with Crippen LogP contribution in [0.4, 0.5) is 5.69 Å². The van der Waals surface area contributed by atoms with Gasteiger partial charge < -0.3 is 5.32 Å². The van der Waals surface area contributed by atoms with E-state index in [1.807, 2.05) is 18.2 Å². The van der Waals surface area contributed by atoms with E-state index in [2.05, 4.69) is 48.6 Å². The number of nitriles is 1. The lowest BCUT2D eigenvalue weighted by atomic mass is 9.76. The van der Waals surface area contributed by atoms with E-state index in [0.29, 0.717) is 12.0 Å². The van der Waals surface area contributed by atoms with E-state index in [1.54, 1.807) is 0 Å². The van der Waals surface area contributed by atoms with Crippen LogP contribution in [0.5, 0.6) is 0 Å². The van der Waals surface area contributed by atoms with Gasteiger partial charge in [0.15, 0.2) is 0 Å². The molecule has 1 aliphatic rings. The molecule has 2 nitrogen and oxygen atoms in total. The number of rotatable bonds is 3. The molecule has 0 aromatic heterocycles. The molecule has 1 N–H and O–H groups in total. The van der Waals surface area contributed by atoms with Crippen LogP contribution in [-0.2, 0) is 0 Å². The minimum absolute atomic E-state index is 0.521. The van der Waals surface area contributed by atoms with Crippen molar-refractivity contribution in [2.24, 2.45) is 0 Å². The molecular formula is C18H18N2. The Morgan fingerprint density at radius 1 is 1.10 bits per heavy atom. The smallest absolute Gasteiger partial charge is 0.0992 e. The minimum Gasteiger partial charge on any atom is -0.382 e. The van der Waals surface area contributed by atoms with Gasteiger partial charge in [-0.25, -0.2) is 0 Å². The molecule has 2 aromatic rings. The van der Waals surface area contributed by atoms with Gasteiger partial charge in [-0.15, -0.1) is 0 Å². The van der Waals surface area contributed by atoms with E-state index in [-0.39, 0.29) is 0 Å². The molecule has 0 atom stereocenters. The third-order valence-electron chi connectivity index (χ3n) is 4.14. The summed E-state index contributed by atoms with van der Waals surface area (Å²) in [6.45, 7) is 2.08. The molecule has 3 rings (SSSR count). The van der Waals surface area contributed by atoms with Crippen LogP contribution in [0, 0.1) is 18.3 Å². The Morgan fingerprint density at radius 3 is 2.55 bits per heavy atom. The highest BCUT2D eigenvalue weighted by Gasteiger charge is 2.30. The maximum atomic E-state index is 8.97. The average molecular weight is 262 g/mol. The number of aryl methyl sites for hydroxylation is 1. The molecule has 20 heavy (non-hydrogen) atoms. The molecule has 1 saturated carbocycles. The van der Waals surface area contributed by atoms with E-state index in [9.17, 15) is 0 Å². The molecule has 0 radical (unpaired) electrons. The first-order valence-corrected chi connectivity index (χ1v) is 7.08. The summed E-state index contributed by atoms with van der Waals surface area (Å²) in [5, 5.41) is 12.5. The summed E-state index contributed by atoms with van der Waals surface area (Å²) in [4.78, 5) is 0. The van der Waals surface area contributed by atoms with Crippen LogP contribution in [0.15, 0.2) is 48.5 Å². The van der Waals surface area contributed by atoms with Gasteiger partial charge in [0.2, 0.25) is 0 Å². The average Bonchev–Trinajstić information content (AvgIpc) is 2.45. The van der Waals surface area contributed by atoms with Crippen molar-refractivity contribution < 1.29 is 0 Å². The summed E-state index contributed by atoms with van der Waals surface area (Å²) in [5.74, 6) is 0.674. The van der Waals surface area contributed by atoms with Gasteiger partial charge in [0.1, 0.15) is 0 Å². The quantitative estimate of drug-likeness (QED) is 0.898. The van der Waals surface area contributed by atoms with Crippen molar-refractivity contribution in [3.63, 3.8) is 0 Å². The van der Waals surface area contributed by atoms with Gasteiger partial charge in [0.05, 0.1) is 11.6 Å². The molecule has 0 unspecified atom stereocenters. The van der Waals surface area contributed by atoms with Gasteiger partial charge in [0.25, 0.3) is 0 Å². The summed E-state index contributed by atoms with van der Waals surface area (Å²) in [7, 11) is 0.